The number of nitrogens with one attached hydrogen (secondary N) is 3. The third-order valence-corrected chi connectivity index (χ3v) is 2.47. The van der Waals surface area contributed by atoms with Crippen molar-refractivity contribution in [3.05, 3.63) is 0 Å². The zero-order chi connectivity index (χ0) is 8.97. The standard InChI is InChI=1S/C8H18FN3/c1-6(12-10-2)7-3-4-11-5-8(7)9/h6-8,10-12H,3-5H2,1-2H3. The van der Waals surface area contributed by atoms with E-state index in [0.717, 1.165) is 13.0 Å². The fraction of sp³-hybridized carbons (Fsp3) is 1.00. The summed E-state index contributed by atoms with van der Waals surface area (Å²) in [5, 5.41) is 3.04. The van der Waals surface area contributed by atoms with Crippen molar-refractivity contribution >= 4 is 0 Å². The second-order valence-corrected chi connectivity index (χ2v) is 3.36. The molecule has 3 unspecified atom stereocenters. The van der Waals surface area contributed by atoms with E-state index in [1.807, 2.05) is 14.0 Å². The second-order valence-electron chi connectivity index (χ2n) is 3.36. The first kappa shape index (κ1) is 9.89. The summed E-state index contributed by atoms with van der Waals surface area (Å²) in [5.41, 5.74) is 5.88. The zero-order valence-electron chi connectivity index (χ0n) is 7.73. The normalized spacial score (nSPS) is 33.2. The van der Waals surface area contributed by atoms with Crippen LogP contribution in [-0.2, 0) is 0 Å². The van der Waals surface area contributed by atoms with E-state index in [1.165, 1.54) is 0 Å². The van der Waals surface area contributed by atoms with Gasteiger partial charge in [0.2, 0.25) is 0 Å². The van der Waals surface area contributed by atoms with Crippen LogP contribution < -0.4 is 16.2 Å². The highest BCUT2D eigenvalue weighted by atomic mass is 19.1. The highest BCUT2D eigenvalue weighted by molar-refractivity contribution is 4.83. The molecule has 0 saturated carbocycles. The van der Waals surface area contributed by atoms with Gasteiger partial charge in [0.1, 0.15) is 6.17 Å². The van der Waals surface area contributed by atoms with Crippen LogP contribution in [0.5, 0.6) is 0 Å². The van der Waals surface area contributed by atoms with Crippen LogP contribution in [0.15, 0.2) is 0 Å². The van der Waals surface area contributed by atoms with E-state index in [0.29, 0.717) is 6.54 Å². The Labute approximate surface area is 73.1 Å². The molecule has 72 valence electrons. The van der Waals surface area contributed by atoms with Gasteiger partial charge in [-0.25, -0.2) is 4.39 Å². The largest absolute Gasteiger partial charge is 0.314 e. The lowest BCUT2D eigenvalue weighted by Gasteiger charge is -2.31. The molecule has 1 heterocycles. The minimum Gasteiger partial charge on any atom is -0.314 e. The van der Waals surface area contributed by atoms with Crippen LogP contribution in [0.4, 0.5) is 4.39 Å². The van der Waals surface area contributed by atoms with Gasteiger partial charge in [-0.15, -0.1) is 0 Å². The molecule has 0 aromatic heterocycles. The molecule has 1 aliphatic heterocycles. The summed E-state index contributed by atoms with van der Waals surface area (Å²) in [7, 11) is 1.81. The number of hydrazine groups is 1. The van der Waals surface area contributed by atoms with Crippen molar-refractivity contribution in [3.8, 4) is 0 Å². The van der Waals surface area contributed by atoms with Crippen molar-refractivity contribution in [2.45, 2.75) is 25.6 Å². The Kier molecular flexibility index (Phi) is 3.91. The molecule has 0 amide bonds. The molecule has 0 aromatic carbocycles. The summed E-state index contributed by atoms with van der Waals surface area (Å²) < 4.78 is 13.3. The number of piperidine rings is 1. The molecule has 0 aromatic rings. The van der Waals surface area contributed by atoms with Gasteiger partial charge in [0.25, 0.3) is 0 Å². The zero-order valence-corrected chi connectivity index (χ0v) is 7.73. The molecule has 0 radical (unpaired) electrons. The SMILES string of the molecule is CNNC(C)C1CCNCC1F. The highest BCUT2D eigenvalue weighted by Gasteiger charge is 2.28. The molecule has 4 heteroatoms. The van der Waals surface area contributed by atoms with Crippen molar-refractivity contribution in [2.24, 2.45) is 5.92 Å². The van der Waals surface area contributed by atoms with Crippen molar-refractivity contribution < 1.29 is 4.39 Å². The van der Waals surface area contributed by atoms with E-state index in [1.54, 1.807) is 0 Å². The van der Waals surface area contributed by atoms with Gasteiger partial charge in [0, 0.05) is 18.5 Å². The first-order valence-corrected chi connectivity index (χ1v) is 4.52. The molecule has 3 nitrogen and oxygen atoms in total. The maximum absolute atomic E-state index is 13.3. The Morgan fingerprint density at radius 3 is 2.92 bits per heavy atom. The molecule has 3 N–H and O–H groups in total. The Hall–Kier alpha value is -0.190. The van der Waals surface area contributed by atoms with Gasteiger partial charge >= 0.3 is 0 Å². The monoisotopic (exact) mass is 175 g/mol. The lowest BCUT2D eigenvalue weighted by molar-refractivity contribution is 0.142. The fourth-order valence-corrected chi connectivity index (χ4v) is 1.74. The van der Waals surface area contributed by atoms with Crippen molar-refractivity contribution in [1.82, 2.24) is 16.2 Å². The van der Waals surface area contributed by atoms with Crippen LogP contribution in [0.2, 0.25) is 0 Å². The van der Waals surface area contributed by atoms with Crippen LogP contribution in [0, 0.1) is 5.92 Å². The van der Waals surface area contributed by atoms with E-state index in [2.05, 4.69) is 16.2 Å². The van der Waals surface area contributed by atoms with Crippen LogP contribution in [-0.4, -0.2) is 32.4 Å². The first-order valence-electron chi connectivity index (χ1n) is 4.52. The predicted octanol–water partition coefficient (Wildman–Crippen LogP) is 0.0465. The molecule has 1 rings (SSSR count). The molecule has 1 saturated heterocycles. The van der Waals surface area contributed by atoms with Gasteiger partial charge in [-0.2, -0.15) is 0 Å². The molecule has 1 fully saturated rings. The molecule has 1 aliphatic rings. The maximum atomic E-state index is 13.3. The summed E-state index contributed by atoms with van der Waals surface area (Å²) in [6.07, 6.45) is 0.200. The van der Waals surface area contributed by atoms with E-state index in [4.69, 9.17) is 0 Å². The van der Waals surface area contributed by atoms with Gasteiger partial charge < -0.3 is 5.32 Å². The first-order chi connectivity index (χ1) is 5.75. The molecule has 0 spiro atoms. The Balaban J connectivity index is 2.36. The molecular weight excluding hydrogens is 157 g/mol. The average molecular weight is 175 g/mol. The van der Waals surface area contributed by atoms with Crippen LogP contribution in [0.1, 0.15) is 13.3 Å². The lowest BCUT2D eigenvalue weighted by Crippen LogP contribution is -2.50. The van der Waals surface area contributed by atoms with Crippen LogP contribution in [0.3, 0.4) is 0 Å². The summed E-state index contributed by atoms with van der Waals surface area (Å²) in [4.78, 5) is 0. The number of rotatable bonds is 3. The number of hydrogen-bond donors (Lipinski definition) is 3. The molecule has 0 bridgehead atoms. The van der Waals surface area contributed by atoms with E-state index in [-0.39, 0.29) is 12.0 Å². The van der Waals surface area contributed by atoms with Gasteiger partial charge in [0.15, 0.2) is 0 Å². The lowest BCUT2D eigenvalue weighted by atomic mass is 9.90. The van der Waals surface area contributed by atoms with Crippen molar-refractivity contribution in [2.75, 3.05) is 20.1 Å². The number of hydrogen-bond acceptors (Lipinski definition) is 3. The third kappa shape index (κ3) is 2.40. The fourth-order valence-electron chi connectivity index (χ4n) is 1.74. The van der Waals surface area contributed by atoms with Crippen LogP contribution >= 0.6 is 0 Å². The smallest absolute Gasteiger partial charge is 0.117 e. The molecular formula is C8H18FN3. The van der Waals surface area contributed by atoms with Crippen molar-refractivity contribution in [1.29, 1.82) is 0 Å². The van der Waals surface area contributed by atoms with E-state index >= 15 is 0 Å². The molecule has 0 aliphatic carbocycles. The average Bonchev–Trinajstić information content (AvgIpc) is 2.05. The third-order valence-electron chi connectivity index (χ3n) is 2.47. The van der Waals surface area contributed by atoms with Crippen molar-refractivity contribution in [3.63, 3.8) is 0 Å². The number of halogens is 1. The van der Waals surface area contributed by atoms with E-state index < -0.39 is 6.17 Å². The van der Waals surface area contributed by atoms with Gasteiger partial charge in [0.05, 0.1) is 0 Å². The summed E-state index contributed by atoms with van der Waals surface area (Å²) in [6, 6.07) is 0.201. The minimum atomic E-state index is -0.713. The number of alkyl halides is 1. The summed E-state index contributed by atoms with van der Waals surface area (Å²) >= 11 is 0. The minimum absolute atomic E-state index is 0.138. The van der Waals surface area contributed by atoms with E-state index in [9.17, 15) is 4.39 Å². The quantitative estimate of drug-likeness (QED) is 0.530. The summed E-state index contributed by atoms with van der Waals surface area (Å²) in [6.45, 7) is 3.44. The topological polar surface area (TPSA) is 36.1 Å². The van der Waals surface area contributed by atoms with Gasteiger partial charge in [-0.1, -0.05) is 0 Å². The molecule has 12 heavy (non-hydrogen) atoms. The Morgan fingerprint density at radius 1 is 1.58 bits per heavy atom. The van der Waals surface area contributed by atoms with Crippen LogP contribution in [0.25, 0.3) is 0 Å². The molecule has 3 atom stereocenters. The maximum Gasteiger partial charge on any atom is 0.117 e. The Morgan fingerprint density at radius 2 is 2.33 bits per heavy atom. The Bertz CT molecular complexity index is 131. The van der Waals surface area contributed by atoms with Gasteiger partial charge in [-0.05, 0) is 26.9 Å². The highest BCUT2D eigenvalue weighted by Crippen LogP contribution is 2.18. The predicted molar refractivity (Wildman–Crippen MR) is 47.5 cm³/mol. The second kappa shape index (κ2) is 4.74. The summed E-state index contributed by atoms with van der Waals surface area (Å²) in [5.74, 6) is 0.138. The van der Waals surface area contributed by atoms with Gasteiger partial charge in [-0.3, -0.25) is 10.9 Å².